The van der Waals surface area contributed by atoms with Gasteiger partial charge in [0.25, 0.3) is 0 Å². The highest BCUT2D eigenvalue weighted by molar-refractivity contribution is 7.89. The van der Waals surface area contributed by atoms with Gasteiger partial charge in [0.05, 0.1) is 18.4 Å². The van der Waals surface area contributed by atoms with Crippen molar-refractivity contribution in [3.05, 3.63) is 87.4 Å². The Balaban J connectivity index is 2.08. The van der Waals surface area contributed by atoms with Crippen molar-refractivity contribution in [2.24, 2.45) is 0 Å². The van der Waals surface area contributed by atoms with E-state index in [-0.39, 0.29) is 35.0 Å². The average Bonchev–Trinajstić information content (AvgIpc) is 2.83. The van der Waals surface area contributed by atoms with Crippen LogP contribution in [0.5, 0.6) is 5.75 Å². The van der Waals surface area contributed by atoms with Crippen LogP contribution in [-0.4, -0.2) is 47.9 Å². The van der Waals surface area contributed by atoms with Gasteiger partial charge in [0.1, 0.15) is 10.6 Å². The van der Waals surface area contributed by atoms with Crippen LogP contribution in [0.15, 0.2) is 65.6 Å². The summed E-state index contributed by atoms with van der Waals surface area (Å²) >= 11 is 12.2. The van der Waals surface area contributed by atoms with Gasteiger partial charge < -0.3 is 20.3 Å². The SMILES string of the molecule is COc1ccccc1S(=O)(=O)N(Cc1cc(Cl)cc(Cl)c1)Cc1ccc(NC(=O)C(=O)O)c(C(=O)O)c1. The van der Waals surface area contributed by atoms with Gasteiger partial charge in [-0.3, -0.25) is 4.79 Å². The van der Waals surface area contributed by atoms with Crippen molar-refractivity contribution in [1.29, 1.82) is 0 Å². The normalized spacial score (nSPS) is 11.2. The van der Waals surface area contributed by atoms with E-state index in [0.717, 1.165) is 10.4 Å². The van der Waals surface area contributed by atoms with Gasteiger partial charge in [-0.1, -0.05) is 41.4 Å². The lowest BCUT2D eigenvalue weighted by Gasteiger charge is -2.24. The lowest BCUT2D eigenvalue weighted by molar-refractivity contribution is -0.147. The van der Waals surface area contributed by atoms with Gasteiger partial charge in [0.2, 0.25) is 10.0 Å². The molecule has 0 bridgehead atoms. The highest BCUT2D eigenvalue weighted by Gasteiger charge is 2.29. The highest BCUT2D eigenvalue weighted by atomic mass is 35.5. The summed E-state index contributed by atoms with van der Waals surface area (Å²) in [5, 5.41) is 21.0. The number of hydrogen-bond acceptors (Lipinski definition) is 6. The predicted octanol–water partition coefficient (Wildman–Crippen LogP) is 4.11. The summed E-state index contributed by atoms with van der Waals surface area (Å²) in [6.07, 6.45) is 0. The number of nitrogens with one attached hydrogen (secondary N) is 1. The van der Waals surface area contributed by atoms with Crippen LogP contribution in [0.1, 0.15) is 21.5 Å². The molecule has 0 aliphatic heterocycles. The smallest absolute Gasteiger partial charge is 0.394 e. The number of carboxylic acid groups (broad SMARTS) is 2. The zero-order valence-corrected chi connectivity index (χ0v) is 21.5. The van der Waals surface area contributed by atoms with Crippen LogP contribution in [0.25, 0.3) is 0 Å². The summed E-state index contributed by atoms with van der Waals surface area (Å²) in [7, 11) is -2.88. The molecule has 194 valence electrons. The number of halogens is 2. The van der Waals surface area contributed by atoms with Crippen molar-refractivity contribution in [1.82, 2.24) is 4.31 Å². The van der Waals surface area contributed by atoms with E-state index >= 15 is 0 Å². The standard InChI is InChI=1S/C24H20Cl2N2O8S/c1-36-20-4-2-3-5-21(20)37(34,35)28(13-15-8-16(25)11-17(26)9-15)12-14-6-7-19(18(10-14)23(30)31)27-22(29)24(32)33/h2-11H,12-13H2,1H3,(H,27,29)(H,30,31)(H,32,33). The van der Waals surface area contributed by atoms with E-state index in [1.807, 2.05) is 5.32 Å². The number of carbonyl (C=O) groups is 3. The van der Waals surface area contributed by atoms with Gasteiger partial charge in [0.15, 0.2) is 0 Å². The fourth-order valence-electron chi connectivity index (χ4n) is 3.46. The first-order valence-corrected chi connectivity index (χ1v) is 12.6. The van der Waals surface area contributed by atoms with Gasteiger partial charge in [-0.05, 0) is 53.6 Å². The van der Waals surface area contributed by atoms with Crippen LogP contribution in [0.3, 0.4) is 0 Å². The fraction of sp³-hybridized carbons (Fsp3) is 0.125. The summed E-state index contributed by atoms with van der Waals surface area (Å²) in [5.41, 5.74) is 0.0362. The summed E-state index contributed by atoms with van der Waals surface area (Å²) in [5.74, 6) is -4.57. The second-order valence-corrected chi connectivity index (χ2v) is 10.4. The lowest BCUT2D eigenvalue weighted by atomic mass is 10.1. The minimum atomic E-state index is -4.21. The molecule has 0 fully saturated rings. The van der Waals surface area contributed by atoms with E-state index in [1.165, 1.54) is 43.5 Å². The number of hydrogen-bond donors (Lipinski definition) is 3. The molecule has 13 heteroatoms. The molecule has 37 heavy (non-hydrogen) atoms. The van der Waals surface area contributed by atoms with Crippen LogP contribution in [0.4, 0.5) is 5.69 Å². The number of rotatable bonds is 9. The maximum atomic E-state index is 13.7. The molecule has 10 nitrogen and oxygen atoms in total. The number of methoxy groups -OCH3 is 1. The van der Waals surface area contributed by atoms with Crippen molar-refractivity contribution in [3.8, 4) is 5.75 Å². The number of ether oxygens (including phenoxy) is 1. The molecule has 0 spiro atoms. The number of sulfonamides is 1. The maximum Gasteiger partial charge on any atom is 0.394 e. The lowest BCUT2D eigenvalue weighted by Crippen LogP contribution is -2.31. The third-order valence-electron chi connectivity index (χ3n) is 5.08. The maximum absolute atomic E-state index is 13.7. The molecule has 0 saturated heterocycles. The van der Waals surface area contributed by atoms with Crippen molar-refractivity contribution < 1.29 is 37.8 Å². The largest absolute Gasteiger partial charge is 0.495 e. The number of carbonyl (C=O) groups excluding carboxylic acids is 1. The number of aliphatic carboxylic acids is 1. The van der Waals surface area contributed by atoms with Crippen LogP contribution in [0.2, 0.25) is 10.0 Å². The first kappa shape index (κ1) is 27.9. The molecular weight excluding hydrogens is 547 g/mol. The quantitative estimate of drug-likeness (QED) is 0.327. The monoisotopic (exact) mass is 566 g/mol. The highest BCUT2D eigenvalue weighted by Crippen LogP contribution is 2.30. The van der Waals surface area contributed by atoms with E-state index in [9.17, 15) is 27.9 Å². The number of amides is 1. The van der Waals surface area contributed by atoms with Gasteiger partial charge in [-0.2, -0.15) is 4.31 Å². The number of anilines is 1. The number of para-hydroxylation sites is 1. The Morgan fingerprint density at radius 1 is 0.919 bits per heavy atom. The van der Waals surface area contributed by atoms with Gasteiger partial charge >= 0.3 is 17.8 Å². The van der Waals surface area contributed by atoms with E-state index in [1.54, 1.807) is 18.2 Å². The number of aromatic carboxylic acids is 1. The molecule has 0 heterocycles. The van der Waals surface area contributed by atoms with E-state index in [0.29, 0.717) is 15.6 Å². The molecule has 0 aliphatic carbocycles. The number of benzene rings is 3. The Bertz CT molecular complexity index is 1460. The summed E-state index contributed by atoms with van der Waals surface area (Å²) in [6, 6.07) is 14.3. The third kappa shape index (κ3) is 6.77. The topological polar surface area (TPSA) is 150 Å². The Morgan fingerprint density at radius 3 is 2.14 bits per heavy atom. The van der Waals surface area contributed by atoms with Gasteiger partial charge in [-0.25, -0.2) is 18.0 Å². The summed E-state index contributed by atoms with van der Waals surface area (Å²) < 4.78 is 33.8. The van der Waals surface area contributed by atoms with Crippen molar-refractivity contribution >= 4 is 56.8 Å². The zero-order chi connectivity index (χ0) is 27.3. The first-order chi connectivity index (χ1) is 17.4. The number of carboxylic acids is 2. The second kappa shape index (κ2) is 11.6. The van der Waals surface area contributed by atoms with Crippen LogP contribution in [0, 0.1) is 0 Å². The van der Waals surface area contributed by atoms with Crippen molar-refractivity contribution in [2.45, 2.75) is 18.0 Å². The molecule has 3 rings (SSSR count). The third-order valence-corrected chi connectivity index (χ3v) is 7.35. The zero-order valence-electron chi connectivity index (χ0n) is 19.1. The Labute approximate surface area is 222 Å². The predicted molar refractivity (Wildman–Crippen MR) is 136 cm³/mol. The molecule has 3 N–H and O–H groups in total. The minimum absolute atomic E-state index is 0.106. The van der Waals surface area contributed by atoms with Crippen LogP contribution >= 0.6 is 23.2 Å². The molecule has 0 atom stereocenters. The first-order valence-electron chi connectivity index (χ1n) is 10.4. The minimum Gasteiger partial charge on any atom is -0.495 e. The van der Waals surface area contributed by atoms with Gasteiger partial charge in [-0.15, -0.1) is 0 Å². The fourth-order valence-corrected chi connectivity index (χ4v) is 5.60. The van der Waals surface area contributed by atoms with Gasteiger partial charge in [0, 0.05) is 23.1 Å². The van der Waals surface area contributed by atoms with Crippen LogP contribution < -0.4 is 10.1 Å². The summed E-state index contributed by atoms with van der Waals surface area (Å²) in [6.45, 7) is -0.474. The van der Waals surface area contributed by atoms with E-state index in [2.05, 4.69) is 0 Å². The molecule has 0 radical (unpaired) electrons. The average molecular weight is 567 g/mol. The molecule has 0 saturated carbocycles. The Kier molecular flexibility index (Phi) is 8.77. The van der Waals surface area contributed by atoms with Crippen LogP contribution in [-0.2, 0) is 32.7 Å². The molecule has 3 aromatic rings. The number of nitrogens with zero attached hydrogens (tertiary/aromatic N) is 1. The molecule has 0 aliphatic rings. The Hall–Kier alpha value is -3.64. The molecule has 0 aromatic heterocycles. The van der Waals surface area contributed by atoms with E-state index in [4.69, 9.17) is 33.0 Å². The molecule has 3 aromatic carbocycles. The van der Waals surface area contributed by atoms with Crippen molar-refractivity contribution in [3.63, 3.8) is 0 Å². The molecule has 1 amide bonds. The van der Waals surface area contributed by atoms with Crippen molar-refractivity contribution in [2.75, 3.05) is 12.4 Å². The Morgan fingerprint density at radius 2 is 1.54 bits per heavy atom. The second-order valence-electron chi connectivity index (χ2n) is 7.65. The molecular formula is C24H20Cl2N2O8S. The summed E-state index contributed by atoms with van der Waals surface area (Å²) in [4.78, 5) is 34.1. The molecule has 0 unspecified atom stereocenters. The van der Waals surface area contributed by atoms with E-state index < -0.39 is 33.4 Å².